The zero-order valence-electron chi connectivity index (χ0n) is 18.9. The molecule has 2 atom stereocenters. The van der Waals surface area contributed by atoms with Crippen molar-refractivity contribution in [2.75, 3.05) is 25.4 Å². The number of carbonyl (C=O) groups excluding carboxylic acids is 1. The molecular formula is C25H27N7OS. The quantitative estimate of drug-likeness (QED) is 0.468. The molecule has 1 amide bonds. The molecule has 5 heterocycles. The van der Waals surface area contributed by atoms with Gasteiger partial charge in [-0.2, -0.15) is 5.10 Å². The molecule has 0 aliphatic carbocycles. The van der Waals surface area contributed by atoms with E-state index < -0.39 is 0 Å². The summed E-state index contributed by atoms with van der Waals surface area (Å²) in [5.74, 6) is 0.701. The van der Waals surface area contributed by atoms with Crippen molar-refractivity contribution in [3.63, 3.8) is 0 Å². The number of nitrogens with two attached hydrogens (primary N) is 1. The summed E-state index contributed by atoms with van der Waals surface area (Å²) < 4.78 is 3.09. The van der Waals surface area contributed by atoms with Crippen molar-refractivity contribution in [3.8, 4) is 21.7 Å². The van der Waals surface area contributed by atoms with Crippen LogP contribution in [0.15, 0.2) is 48.9 Å². The third-order valence-electron chi connectivity index (χ3n) is 6.83. The first-order chi connectivity index (χ1) is 16.7. The first-order valence-electron chi connectivity index (χ1n) is 11.8. The molecule has 2 aliphatic heterocycles. The van der Waals surface area contributed by atoms with Crippen LogP contribution in [0.2, 0.25) is 0 Å². The number of para-hydroxylation sites is 1. The van der Waals surface area contributed by atoms with Gasteiger partial charge in [-0.1, -0.05) is 12.1 Å². The summed E-state index contributed by atoms with van der Waals surface area (Å²) in [7, 11) is 0. The predicted molar refractivity (Wildman–Crippen MR) is 134 cm³/mol. The Morgan fingerprint density at radius 3 is 2.82 bits per heavy atom. The number of anilines is 1. The summed E-state index contributed by atoms with van der Waals surface area (Å²) in [5, 5.41) is 8.90. The molecule has 0 radical (unpaired) electrons. The van der Waals surface area contributed by atoms with Crippen LogP contribution in [0.25, 0.3) is 31.9 Å². The minimum Gasteiger partial charge on any atom is -0.383 e. The molecule has 9 heteroatoms. The van der Waals surface area contributed by atoms with Crippen molar-refractivity contribution in [1.29, 1.82) is 0 Å². The van der Waals surface area contributed by atoms with E-state index in [0.29, 0.717) is 5.82 Å². The second kappa shape index (κ2) is 8.81. The zero-order valence-corrected chi connectivity index (χ0v) is 19.7. The van der Waals surface area contributed by atoms with Gasteiger partial charge in [-0.05, 0) is 43.9 Å². The number of fused-ring (bicyclic) bond motifs is 1. The second-order valence-corrected chi connectivity index (χ2v) is 10.1. The van der Waals surface area contributed by atoms with Crippen molar-refractivity contribution < 1.29 is 4.79 Å². The Morgan fingerprint density at radius 1 is 1.12 bits per heavy atom. The lowest BCUT2D eigenvalue weighted by atomic mass is 10.1. The van der Waals surface area contributed by atoms with Gasteiger partial charge in [-0.25, -0.2) is 9.97 Å². The molecule has 34 heavy (non-hydrogen) atoms. The largest absolute Gasteiger partial charge is 0.383 e. The molecule has 3 aromatic heterocycles. The van der Waals surface area contributed by atoms with Crippen LogP contribution in [0, 0.1) is 0 Å². The highest BCUT2D eigenvalue weighted by Gasteiger charge is 2.34. The monoisotopic (exact) mass is 473 g/mol. The normalized spacial score (nSPS) is 20.8. The van der Waals surface area contributed by atoms with E-state index in [1.54, 1.807) is 17.5 Å². The number of thiazole rings is 1. The molecule has 4 aromatic rings. The van der Waals surface area contributed by atoms with E-state index in [-0.39, 0.29) is 18.0 Å². The predicted octanol–water partition coefficient (Wildman–Crippen LogP) is 3.72. The van der Waals surface area contributed by atoms with E-state index >= 15 is 0 Å². The van der Waals surface area contributed by atoms with Crippen molar-refractivity contribution in [3.05, 3.63) is 48.9 Å². The number of aromatic nitrogens is 4. The zero-order chi connectivity index (χ0) is 23.1. The van der Waals surface area contributed by atoms with Crippen LogP contribution in [-0.4, -0.2) is 56.2 Å². The summed E-state index contributed by atoms with van der Waals surface area (Å²) in [6, 6.07) is 10.1. The lowest BCUT2D eigenvalue weighted by Gasteiger charge is -2.29. The van der Waals surface area contributed by atoms with E-state index in [1.807, 2.05) is 46.2 Å². The topological polar surface area (TPSA) is 102 Å². The Hall–Kier alpha value is -3.30. The fraction of sp³-hybridized carbons (Fsp3) is 0.360. The standard InChI is InChI=1S/C25H27N7OS/c26-23-19(24-30-20-6-2-3-7-22(20)34-24)10-16(12-28-23)17-13-29-32(15-17)18-11-21(27-14-18)25(33)31-8-4-1-5-9-31/h2-3,6-7,10,12-13,15,18,21,27H,1,4-5,8-9,11,14H2,(H2,26,28)/t18-,21+/m0/s1. The van der Waals surface area contributed by atoms with Crippen molar-refractivity contribution in [2.45, 2.75) is 37.8 Å². The van der Waals surface area contributed by atoms with Crippen molar-refractivity contribution in [1.82, 2.24) is 30.0 Å². The SMILES string of the molecule is Nc1ncc(-c2cnn([C@@H]3CN[C@@H](C(=O)N4CCCCC4)C3)c2)cc1-c1nc2ccccc2s1. The number of hydrogen-bond acceptors (Lipinski definition) is 7. The highest BCUT2D eigenvalue weighted by atomic mass is 32.1. The van der Waals surface area contributed by atoms with Crippen LogP contribution >= 0.6 is 11.3 Å². The van der Waals surface area contributed by atoms with Crippen LogP contribution in [0.3, 0.4) is 0 Å². The summed E-state index contributed by atoms with van der Waals surface area (Å²) >= 11 is 1.61. The van der Waals surface area contributed by atoms with Gasteiger partial charge in [0.25, 0.3) is 0 Å². The molecule has 2 saturated heterocycles. The average molecular weight is 474 g/mol. The number of nitrogen functional groups attached to an aromatic ring is 1. The number of nitrogens with one attached hydrogen (secondary N) is 1. The minimum atomic E-state index is -0.125. The van der Waals surface area contributed by atoms with Gasteiger partial charge in [0, 0.05) is 43.2 Å². The molecule has 0 bridgehead atoms. The Bertz CT molecular complexity index is 1310. The molecule has 1 aromatic carbocycles. The molecule has 0 spiro atoms. The summed E-state index contributed by atoms with van der Waals surface area (Å²) in [6.45, 7) is 2.51. The maximum atomic E-state index is 12.9. The third kappa shape index (κ3) is 3.95. The Balaban J connectivity index is 1.21. The van der Waals surface area contributed by atoms with Gasteiger partial charge in [0.1, 0.15) is 10.8 Å². The number of benzene rings is 1. The van der Waals surface area contributed by atoms with Crippen LogP contribution in [0.1, 0.15) is 31.7 Å². The molecule has 6 rings (SSSR count). The number of rotatable bonds is 4. The van der Waals surface area contributed by atoms with Gasteiger partial charge < -0.3 is 16.0 Å². The molecule has 2 aliphatic rings. The van der Waals surface area contributed by atoms with Gasteiger partial charge >= 0.3 is 0 Å². The molecular weight excluding hydrogens is 446 g/mol. The molecule has 2 fully saturated rings. The van der Waals surface area contributed by atoms with E-state index in [4.69, 9.17) is 10.7 Å². The lowest BCUT2D eigenvalue weighted by molar-refractivity contribution is -0.134. The summed E-state index contributed by atoms with van der Waals surface area (Å²) in [5.41, 5.74) is 9.94. The van der Waals surface area contributed by atoms with Crippen LogP contribution < -0.4 is 11.1 Å². The van der Waals surface area contributed by atoms with Gasteiger partial charge in [-0.3, -0.25) is 9.48 Å². The van der Waals surface area contributed by atoms with Crippen LogP contribution in [0.5, 0.6) is 0 Å². The van der Waals surface area contributed by atoms with Crippen LogP contribution in [0.4, 0.5) is 5.82 Å². The minimum absolute atomic E-state index is 0.125. The number of carbonyl (C=O) groups is 1. The van der Waals surface area contributed by atoms with Crippen molar-refractivity contribution >= 4 is 33.3 Å². The number of piperidine rings is 1. The Kier molecular flexibility index (Phi) is 5.50. The third-order valence-corrected chi connectivity index (χ3v) is 7.89. The molecule has 8 nitrogen and oxygen atoms in total. The summed E-state index contributed by atoms with van der Waals surface area (Å²) in [4.78, 5) is 24.1. The molecule has 174 valence electrons. The molecule has 3 N–H and O–H groups in total. The Morgan fingerprint density at radius 2 is 1.97 bits per heavy atom. The van der Waals surface area contributed by atoms with E-state index in [0.717, 1.165) is 70.8 Å². The number of nitrogens with zero attached hydrogens (tertiary/aromatic N) is 5. The maximum absolute atomic E-state index is 12.9. The number of amides is 1. The van der Waals surface area contributed by atoms with Gasteiger partial charge in [-0.15, -0.1) is 11.3 Å². The maximum Gasteiger partial charge on any atom is 0.239 e. The summed E-state index contributed by atoms with van der Waals surface area (Å²) in [6.07, 6.45) is 9.88. The van der Waals surface area contributed by atoms with Gasteiger partial charge in [0.15, 0.2) is 0 Å². The van der Waals surface area contributed by atoms with Gasteiger partial charge in [0.2, 0.25) is 5.91 Å². The van der Waals surface area contributed by atoms with Crippen molar-refractivity contribution in [2.24, 2.45) is 0 Å². The van der Waals surface area contributed by atoms with E-state index in [1.165, 1.54) is 6.42 Å². The number of pyridine rings is 1. The smallest absolute Gasteiger partial charge is 0.239 e. The van der Waals surface area contributed by atoms with E-state index in [2.05, 4.69) is 21.5 Å². The molecule has 0 saturated carbocycles. The fourth-order valence-electron chi connectivity index (χ4n) is 4.92. The second-order valence-electron chi connectivity index (χ2n) is 9.09. The average Bonchev–Trinajstić information content (AvgIpc) is 3.63. The van der Waals surface area contributed by atoms with Crippen LogP contribution in [-0.2, 0) is 4.79 Å². The Labute approximate surface area is 201 Å². The highest BCUT2D eigenvalue weighted by Crippen LogP contribution is 2.35. The van der Waals surface area contributed by atoms with Gasteiger partial charge in [0.05, 0.1) is 34.1 Å². The van der Waals surface area contributed by atoms with E-state index in [9.17, 15) is 4.79 Å². The number of likely N-dealkylation sites (tertiary alicyclic amines) is 1. The lowest BCUT2D eigenvalue weighted by Crippen LogP contribution is -2.45. The molecule has 0 unspecified atom stereocenters. The first kappa shape index (κ1) is 21.2. The number of hydrogen-bond donors (Lipinski definition) is 2. The first-order valence-corrected chi connectivity index (χ1v) is 12.7. The highest BCUT2D eigenvalue weighted by molar-refractivity contribution is 7.21. The fourth-order valence-corrected chi connectivity index (χ4v) is 5.91.